The van der Waals surface area contributed by atoms with Gasteiger partial charge in [-0.15, -0.1) is 0 Å². The van der Waals surface area contributed by atoms with Crippen molar-refractivity contribution in [3.63, 3.8) is 0 Å². The summed E-state index contributed by atoms with van der Waals surface area (Å²) in [5, 5.41) is 3.60. The van der Waals surface area contributed by atoms with Crippen LogP contribution in [0.15, 0.2) is 24.3 Å². The molecule has 1 saturated heterocycles. The van der Waals surface area contributed by atoms with Crippen LogP contribution in [0.25, 0.3) is 0 Å². The normalized spacial score (nSPS) is 37.1. The van der Waals surface area contributed by atoms with Crippen molar-refractivity contribution in [2.45, 2.75) is 44.2 Å². The largest absolute Gasteiger partial charge is 0.487 e. The van der Waals surface area contributed by atoms with Gasteiger partial charge in [0.25, 0.3) is 0 Å². The minimum atomic E-state index is 0.0246. The fourth-order valence-corrected chi connectivity index (χ4v) is 3.07. The van der Waals surface area contributed by atoms with E-state index < -0.39 is 0 Å². The minimum Gasteiger partial charge on any atom is -0.487 e. The molecule has 1 aromatic carbocycles. The Morgan fingerprint density at radius 3 is 3.06 bits per heavy atom. The molecule has 2 nitrogen and oxygen atoms in total. The van der Waals surface area contributed by atoms with Crippen molar-refractivity contribution >= 4 is 0 Å². The van der Waals surface area contributed by atoms with E-state index in [1.165, 1.54) is 5.56 Å². The number of fused-ring (bicyclic) bond motifs is 4. The first-order chi connectivity index (χ1) is 7.68. The highest BCUT2D eigenvalue weighted by atomic mass is 16.5. The Morgan fingerprint density at radius 1 is 1.38 bits per heavy atom. The number of nitrogens with one attached hydrogen (secondary N) is 1. The minimum absolute atomic E-state index is 0.0246. The predicted octanol–water partition coefficient (Wildman–Crippen LogP) is 2.69. The molecular formula is C14H19NO. The third kappa shape index (κ3) is 1.52. The van der Waals surface area contributed by atoms with E-state index in [2.05, 4.69) is 43.4 Å². The average Bonchev–Trinajstić information content (AvgIpc) is 2.37. The Hall–Kier alpha value is -1.02. The van der Waals surface area contributed by atoms with Gasteiger partial charge < -0.3 is 10.1 Å². The molecule has 1 N–H and O–H groups in total. The molecule has 2 aliphatic rings. The molecule has 2 bridgehead atoms. The third-order valence-corrected chi connectivity index (χ3v) is 4.05. The van der Waals surface area contributed by atoms with Crippen molar-refractivity contribution < 1.29 is 4.74 Å². The molecule has 0 aromatic heterocycles. The molecule has 1 fully saturated rings. The Balaban J connectivity index is 2.08. The lowest BCUT2D eigenvalue weighted by Gasteiger charge is -2.39. The van der Waals surface area contributed by atoms with Crippen molar-refractivity contribution in [1.82, 2.24) is 5.32 Å². The number of ether oxygens (including phenoxy) is 1. The van der Waals surface area contributed by atoms with Crippen LogP contribution in [0.5, 0.6) is 5.75 Å². The van der Waals surface area contributed by atoms with Crippen LogP contribution < -0.4 is 10.1 Å². The highest BCUT2D eigenvalue weighted by Gasteiger charge is 2.40. The summed E-state index contributed by atoms with van der Waals surface area (Å²) in [6.07, 6.45) is 2.24. The van der Waals surface area contributed by atoms with Gasteiger partial charge in [-0.05, 0) is 44.9 Å². The van der Waals surface area contributed by atoms with Crippen molar-refractivity contribution in [3.05, 3.63) is 29.8 Å². The van der Waals surface area contributed by atoms with Gasteiger partial charge in [-0.25, -0.2) is 0 Å². The Bertz CT molecular complexity index is 403. The van der Waals surface area contributed by atoms with E-state index in [0.29, 0.717) is 12.0 Å². The van der Waals surface area contributed by atoms with Gasteiger partial charge >= 0.3 is 0 Å². The van der Waals surface area contributed by atoms with E-state index in [4.69, 9.17) is 4.74 Å². The smallest absolute Gasteiger partial charge is 0.123 e. The maximum absolute atomic E-state index is 6.18. The predicted molar refractivity (Wildman–Crippen MR) is 64.9 cm³/mol. The van der Waals surface area contributed by atoms with Gasteiger partial charge in [-0.1, -0.05) is 18.2 Å². The van der Waals surface area contributed by atoms with Gasteiger partial charge in [-0.3, -0.25) is 0 Å². The zero-order valence-electron chi connectivity index (χ0n) is 9.99. The summed E-state index contributed by atoms with van der Waals surface area (Å²) in [6.45, 7) is 5.59. The van der Waals surface area contributed by atoms with Crippen molar-refractivity contribution in [1.29, 1.82) is 0 Å². The molecule has 2 heterocycles. The van der Waals surface area contributed by atoms with Gasteiger partial charge in [0.15, 0.2) is 0 Å². The van der Waals surface area contributed by atoms with E-state index in [1.54, 1.807) is 0 Å². The van der Waals surface area contributed by atoms with Crippen LogP contribution in [0, 0.1) is 0 Å². The summed E-state index contributed by atoms with van der Waals surface area (Å²) in [5.74, 6) is 1.69. The van der Waals surface area contributed by atoms with E-state index in [-0.39, 0.29) is 5.60 Å². The fourth-order valence-electron chi connectivity index (χ4n) is 3.07. The van der Waals surface area contributed by atoms with Crippen LogP contribution in [0.1, 0.15) is 38.2 Å². The monoisotopic (exact) mass is 217 g/mol. The van der Waals surface area contributed by atoms with Crippen LogP contribution in [-0.4, -0.2) is 18.2 Å². The van der Waals surface area contributed by atoms with Crippen molar-refractivity contribution in [3.8, 4) is 5.75 Å². The van der Waals surface area contributed by atoms with Crippen molar-refractivity contribution in [2.24, 2.45) is 0 Å². The van der Waals surface area contributed by atoms with E-state index in [9.17, 15) is 0 Å². The number of hydrogen-bond acceptors (Lipinski definition) is 2. The third-order valence-electron chi connectivity index (χ3n) is 4.05. The molecule has 2 aliphatic heterocycles. The number of benzene rings is 1. The first-order valence-electron chi connectivity index (χ1n) is 6.19. The number of rotatable bonds is 0. The Labute approximate surface area is 97.0 Å². The van der Waals surface area contributed by atoms with Crippen LogP contribution in [0.4, 0.5) is 0 Å². The second-order valence-corrected chi connectivity index (χ2v) is 5.39. The number of para-hydroxylation sites is 1. The van der Waals surface area contributed by atoms with Crippen LogP contribution >= 0.6 is 0 Å². The molecule has 0 aliphatic carbocycles. The first kappa shape index (κ1) is 10.2. The van der Waals surface area contributed by atoms with Crippen LogP contribution in [0.3, 0.4) is 0 Å². The maximum atomic E-state index is 6.18. The van der Waals surface area contributed by atoms with E-state index in [1.807, 2.05) is 0 Å². The van der Waals surface area contributed by atoms with Crippen molar-refractivity contribution in [2.75, 3.05) is 6.54 Å². The lowest BCUT2D eigenvalue weighted by Crippen LogP contribution is -2.38. The summed E-state index contributed by atoms with van der Waals surface area (Å²) < 4.78 is 6.18. The summed E-state index contributed by atoms with van der Waals surface area (Å²) in [4.78, 5) is 0. The molecule has 3 atom stereocenters. The molecule has 0 saturated carbocycles. The molecule has 16 heavy (non-hydrogen) atoms. The van der Waals surface area contributed by atoms with E-state index >= 15 is 0 Å². The molecular weight excluding hydrogens is 198 g/mol. The van der Waals surface area contributed by atoms with E-state index in [0.717, 1.165) is 25.1 Å². The standard InChI is InChI=1S/C14H19NO/c1-10-12-9-14(2,7-8-15-10)16-13-6-4-3-5-11(12)13/h3-6,10,12,15H,7-9H2,1-2H3. The Kier molecular flexibility index (Phi) is 2.21. The van der Waals surface area contributed by atoms with Gasteiger partial charge in [0, 0.05) is 12.0 Å². The molecule has 2 heteroatoms. The molecule has 3 rings (SSSR count). The molecule has 1 aromatic rings. The topological polar surface area (TPSA) is 21.3 Å². The number of hydrogen-bond donors (Lipinski definition) is 1. The van der Waals surface area contributed by atoms with Gasteiger partial charge in [-0.2, -0.15) is 0 Å². The lowest BCUT2D eigenvalue weighted by atomic mass is 9.80. The second-order valence-electron chi connectivity index (χ2n) is 5.39. The molecule has 0 spiro atoms. The summed E-state index contributed by atoms with van der Waals surface area (Å²) in [6, 6.07) is 9.05. The fraction of sp³-hybridized carbons (Fsp3) is 0.571. The Morgan fingerprint density at radius 2 is 2.19 bits per heavy atom. The maximum Gasteiger partial charge on any atom is 0.123 e. The van der Waals surface area contributed by atoms with Gasteiger partial charge in [0.05, 0.1) is 0 Å². The quantitative estimate of drug-likeness (QED) is 0.721. The summed E-state index contributed by atoms with van der Waals surface area (Å²) in [5.41, 5.74) is 1.40. The lowest BCUT2D eigenvalue weighted by molar-refractivity contribution is 0.0531. The molecule has 0 amide bonds. The summed E-state index contributed by atoms with van der Waals surface area (Å²) >= 11 is 0. The van der Waals surface area contributed by atoms with Crippen LogP contribution in [0.2, 0.25) is 0 Å². The zero-order valence-corrected chi connectivity index (χ0v) is 9.99. The highest BCUT2D eigenvalue weighted by Crippen LogP contribution is 2.44. The molecule has 86 valence electrons. The summed E-state index contributed by atoms with van der Waals surface area (Å²) in [7, 11) is 0. The van der Waals surface area contributed by atoms with Gasteiger partial charge in [0.2, 0.25) is 0 Å². The molecule has 0 radical (unpaired) electrons. The average molecular weight is 217 g/mol. The highest BCUT2D eigenvalue weighted by molar-refractivity contribution is 5.40. The van der Waals surface area contributed by atoms with Crippen LogP contribution in [-0.2, 0) is 0 Å². The second kappa shape index (κ2) is 3.49. The first-order valence-corrected chi connectivity index (χ1v) is 6.19. The van der Waals surface area contributed by atoms with Gasteiger partial charge in [0.1, 0.15) is 11.4 Å². The molecule has 3 unspecified atom stereocenters. The zero-order chi connectivity index (χ0) is 11.2. The SMILES string of the molecule is CC1NCCC2(C)CC1c1ccccc1O2.